The minimum Gasteiger partial charge on any atom is -0.381 e. The summed E-state index contributed by atoms with van der Waals surface area (Å²) in [5.41, 5.74) is 0. The lowest BCUT2D eigenvalue weighted by Crippen LogP contribution is -2.51. The van der Waals surface area contributed by atoms with Gasteiger partial charge in [0.1, 0.15) is 0 Å². The summed E-state index contributed by atoms with van der Waals surface area (Å²) < 4.78 is 5.83. The van der Waals surface area contributed by atoms with Crippen molar-refractivity contribution in [2.24, 2.45) is 0 Å². The van der Waals surface area contributed by atoms with Crippen LogP contribution in [0.2, 0.25) is 0 Å². The molecule has 0 aromatic carbocycles. The fraction of sp³-hybridized carbons (Fsp3) is 1.00. The van der Waals surface area contributed by atoms with E-state index >= 15 is 0 Å². The minimum absolute atomic E-state index is 0.687. The molecule has 3 N–H and O–H groups in total. The van der Waals surface area contributed by atoms with Gasteiger partial charge >= 0.3 is 9.36 Å². The van der Waals surface area contributed by atoms with Gasteiger partial charge < -0.3 is 14.4 Å². The van der Waals surface area contributed by atoms with Gasteiger partial charge in [-0.1, -0.05) is 33.1 Å². The smallest absolute Gasteiger partial charge is 0.336 e. The monoisotopic (exact) mass is 245 g/mol. The van der Waals surface area contributed by atoms with Crippen LogP contribution in [0.25, 0.3) is 0 Å². The van der Waals surface area contributed by atoms with Crippen LogP contribution in [-0.2, 0) is 4.43 Å². The highest BCUT2D eigenvalue weighted by molar-refractivity contribution is 6.45. The molecule has 0 aromatic rings. The van der Waals surface area contributed by atoms with Gasteiger partial charge in [-0.3, -0.25) is 5.32 Å². The van der Waals surface area contributed by atoms with E-state index in [4.69, 9.17) is 4.43 Å². The molecule has 5 heteroatoms. The van der Waals surface area contributed by atoms with Crippen molar-refractivity contribution < 1.29 is 4.43 Å². The molecule has 0 radical (unpaired) electrons. The molecule has 1 aliphatic rings. The second-order valence-corrected chi connectivity index (χ2v) is 6.26. The van der Waals surface area contributed by atoms with Crippen molar-refractivity contribution >= 4 is 9.36 Å². The van der Waals surface area contributed by atoms with Crippen molar-refractivity contribution in [3.05, 3.63) is 0 Å². The van der Waals surface area contributed by atoms with E-state index in [9.17, 15) is 0 Å². The van der Waals surface area contributed by atoms with Gasteiger partial charge in [-0.2, -0.15) is 0 Å². The Kier molecular flexibility index (Phi) is 8.05. The third-order valence-electron chi connectivity index (χ3n) is 3.01. The van der Waals surface area contributed by atoms with Crippen molar-refractivity contribution in [1.82, 2.24) is 15.3 Å². The van der Waals surface area contributed by atoms with Crippen LogP contribution in [0.3, 0.4) is 0 Å². The Balaban J connectivity index is 2.06. The molecule has 4 nitrogen and oxygen atoms in total. The van der Waals surface area contributed by atoms with Crippen LogP contribution < -0.4 is 15.3 Å². The lowest BCUT2D eigenvalue weighted by atomic mass is 9.96. The molecule has 1 aliphatic carbocycles. The lowest BCUT2D eigenvalue weighted by molar-refractivity contribution is 0.231. The first-order chi connectivity index (χ1) is 7.86. The molecule has 0 aromatic heterocycles. The van der Waals surface area contributed by atoms with Crippen molar-refractivity contribution in [3.63, 3.8) is 0 Å². The van der Waals surface area contributed by atoms with Crippen molar-refractivity contribution in [3.8, 4) is 0 Å². The van der Waals surface area contributed by atoms with E-state index in [1.54, 1.807) is 0 Å². The highest BCUT2D eigenvalue weighted by Crippen LogP contribution is 2.16. The summed E-state index contributed by atoms with van der Waals surface area (Å²) in [5, 5.41) is 3.50. The van der Waals surface area contributed by atoms with Gasteiger partial charge in [0.05, 0.1) is 6.73 Å². The summed E-state index contributed by atoms with van der Waals surface area (Å²) in [7, 11) is -1.37. The summed E-state index contributed by atoms with van der Waals surface area (Å²) in [6.45, 7) is 6.90. The standard InChI is InChI=1S/C11H27N3OSi/c1-3-13-16(14-4-2)15-10-12-11-8-6-5-7-9-11/h11-14,16H,3-10H2,1-2H3. The van der Waals surface area contributed by atoms with Crippen LogP contribution >= 0.6 is 0 Å². The molecule has 16 heavy (non-hydrogen) atoms. The Labute approximate surface area is 101 Å². The number of hydrogen-bond acceptors (Lipinski definition) is 4. The van der Waals surface area contributed by atoms with Crippen LogP contribution in [0.1, 0.15) is 46.0 Å². The quantitative estimate of drug-likeness (QED) is 0.438. The third-order valence-corrected chi connectivity index (χ3v) is 5.06. The second-order valence-electron chi connectivity index (χ2n) is 4.35. The molecule has 1 saturated carbocycles. The van der Waals surface area contributed by atoms with Crippen molar-refractivity contribution in [2.75, 3.05) is 19.8 Å². The highest BCUT2D eigenvalue weighted by atomic mass is 28.3. The normalized spacial score (nSPS) is 18.2. The van der Waals surface area contributed by atoms with E-state index in [1.165, 1.54) is 32.1 Å². The molecular formula is C11H27N3OSi. The Morgan fingerprint density at radius 1 is 1.06 bits per heavy atom. The van der Waals surface area contributed by atoms with E-state index in [1.807, 2.05) is 0 Å². The zero-order valence-electron chi connectivity index (χ0n) is 10.7. The molecule has 0 spiro atoms. The maximum atomic E-state index is 5.83. The molecule has 96 valence electrons. The molecule has 1 fully saturated rings. The van der Waals surface area contributed by atoms with Crippen LogP contribution in [-0.4, -0.2) is 35.2 Å². The zero-order valence-corrected chi connectivity index (χ0v) is 11.9. The fourth-order valence-electron chi connectivity index (χ4n) is 2.12. The van der Waals surface area contributed by atoms with Crippen molar-refractivity contribution in [2.45, 2.75) is 52.0 Å². The van der Waals surface area contributed by atoms with Gasteiger partial charge in [-0.25, -0.2) is 0 Å². The molecule has 0 bridgehead atoms. The Morgan fingerprint density at radius 2 is 1.69 bits per heavy atom. The second kappa shape index (κ2) is 9.12. The van der Waals surface area contributed by atoms with Crippen LogP contribution in [0, 0.1) is 0 Å². The summed E-state index contributed by atoms with van der Waals surface area (Å²) >= 11 is 0. The predicted molar refractivity (Wildman–Crippen MR) is 70.5 cm³/mol. The maximum absolute atomic E-state index is 5.83. The SMILES string of the molecule is CCN[SiH](NCC)OCNC1CCCCC1. The molecule has 0 unspecified atom stereocenters. The zero-order chi connectivity index (χ0) is 11.6. The Hall–Kier alpha value is 0.0569. The topological polar surface area (TPSA) is 45.3 Å². The van der Waals surface area contributed by atoms with Gasteiger partial charge in [0.25, 0.3) is 0 Å². The van der Waals surface area contributed by atoms with Crippen molar-refractivity contribution in [1.29, 1.82) is 0 Å². The van der Waals surface area contributed by atoms with E-state index < -0.39 is 9.36 Å². The van der Waals surface area contributed by atoms with Gasteiger partial charge in [0, 0.05) is 6.04 Å². The lowest BCUT2D eigenvalue weighted by Gasteiger charge is -2.24. The first-order valence-corrected chi connectivity index (χ1v) is 8.31. The molecule has 1 rings (SSSR count). The van der Waals surface area contributed by atoms with E-state index in [0.717, 1.165) is 13.1 Å². The minimum atomic E-state index is -1.37. The fourth-order valence-corrected chi connectivity index (χ4v) is 3.50. The Morgan fingerprint density at radius 3 is 2.25 bits per heavy atom. The van der Waals surface area contributed by atoms with Crippen LogP contribution in [0.5, 0.6) is 0 Å². The summed E-state index contributed by atoms with van der Waals surface area (Å²) in [4.78, 5) is 6.77. The third kappa shape index (κ3) is 5.96. The molecule has 0 heterocycles. The highest BCUT2D eigenvalue weighted by Gasteiger charge is 2.14. The first kappa shape index (κ1) is 14.1. The average Bonchev–Trinajstić information content (AvgIpc) is 2.31. The van der Waals surface area contributed by atoms with Crippen LogP contribution in [0.4, 0.5) is 0 Å². The summed E-state index contributed by atoms with van der Waals surface area (Å²) in [6.07, 6.45) is 6.79. The van der Waals surface area contributed by atoms with Gasteiger partial charge in [-0.15, -0.1) is 0 Å². The van der Waals surface area contributed by atoms with Gasteiger partial charge in [0.2, 0.25) is 0 Å². The van der Waals surface area contributed by atoms with E-state index in [-0.39, 0.29) is 0 Å². The molecule has 0 aliphatic heterocycles. The predicted octanol–water partition coefficient (Wildman–Crippen LogP) is 0.819. The van der Waals surface area contributed by atoms with Gasteiger partial charge in [-0.05, 0) is 25.9 Å². The largest absolute Gasteiger partial charge is 0.381 e. The number of nitrogens with one attached hydrogen (secondary N) is 3. The van der Waals surface area contributed by atoms with E-state index in [2.05, 4.69) is 29.1 Å². The molecule has 0 amide bonds. The Bertz CT molecular complexity index is 159. The summed E-state index contributed by atoms with van der Waals surface area (Å²) in [5.74, 6) is 0. The molecule has 0 saturated heterocycles. The number of rotatable bonds is 8. The molecule has 0 atom stereocenters. The number of hydrogen-bond donors (Lipinski definition) is 3. The van der Waals surface area contributed by atoms with E-state index in [0.29, 0.717) is 12.8 Å². The maximum Gasteiger partial charge on any atom is 0.336 e. The first-order valence-electron chi connectivity index (χ1n) is 6.68. The average molecular weight is 245 g/mol. The van der Waals surface area contributed by atoms with Gasteiger partial charge in [0.15, 0.2) is 0 Å². The molecular weight excluding hydrogens is 218 g/mol. The van der Waals surface area contributed by atoms with Crippen LogP contribution in [0.15, 0.2) is 0 Å². The summed E-state index contributed by atoms with van der Waals surface area (Å²) in [6, 6.07) is 0.687.